The first-order chi connectivity index (χ1) is 11.2. The Morgan fingerprint density at radius 1 is 1.13 bits per heavy atom. The topological polar surface area (TPSA) is 83.1 Å². The van der Waals surface area contributed by atoms with Crippen molar-refractivity contribution in [2.75, 3.05) is 0 Å². The van der Waals surface area contributed by atoms with Gasteiger partial charge < -0.3 is 10.5 Å². The molecule has 2 aliphatic heterocycles. The Kier molecular flexibility index (Phi) is 3.22. The van der Waals surface area contributed by atoms with Gasteiger partial charge in [0.15, 0.2) is 6.23 Å². The van der Waals surface area contributed by atoms with Crippen LogP contribution >= 0.6 is 0 Å². The lowest BCUT2D eigenvalue weighted by Gasteiger charge is -2.35. The van der Waals surface area contributed by atoms with Crippen LogP contribution in [0.3, 0.4) is 0 Å². The minimum Gasteiger partial charge on any atom is -0.458 e. The Morgan fingerprint density at radius 3 is 2.74 bits per heavy atom. The van der Waals surface area contributed by atoms with Gasteiger partial charge in [0, 0.05) is 17.9 Å². The number of hydrogen-bond donors (Lipinski definition) is 3. The summed E-state index contributed by atoms with van der Waals surface area (Å²) in [5, 5.41) is 12.0. The van der Waals surface area contributed by atoms with E-state index < -0.39 is 0 Å². The predicted molar refractivity (Wildman–Crippen MR) is 87.6 cm³/mol. The monoisotopic (exact) mass is 306 g/mol. The smallest absolute Gasteiger partial charge is 0.200 e. The zero-order valence-electron chi connectivity index (χ0n) is 12.8. The van der Waals surface area contributed by atoms with Crippen molar-refractivity contribution >= 4 is 10.8 Å². The van der Waals surface area contributed by atoms with Crippen molar-refractivity contribution in [1.82, 2.24) is 10.9 Å². The summed E-state index contributed by atoms with van der Waals surface area (Å²) < 4.78 is 5.71. The summed E-state index contributed by atoms with van der Waals surface area (Å²) in [7, 11) is 0. The number of nitrogens with zero attached hydrogens (tertiary/aromatic N) is 1. The summed E-state index contributed by atoms with van der Waals surface area (Å²) in [4.78, 5) is 0. The molecule has 2 heterocycles. The van der Waals surface area contributed by atoms with E-state index in [0.29, 0.717) is 5.57 Å². The minimum atomic E-state index is -0.230. The lowest BCUT2D eigenvalue weighted by Crippen LogP contribution is -2.41. The van der Waals surface area contributed by atoms with Gasteiger partial charge in [0.1, 0.15) is 6.07 Å². The third-order valence-electron chi connectivity index (χ3n) is 4.87. The minimum absolute atomic E-state index is 0.0950. The molecular formula is C18H18N4O. The normalized spacial score (nSPS) is 29.9. The van der Waals surface area contributed by atoms with Crippen LogP contribution in [-0.4, -0.2) is 12.3 Å². The van der Waals surface area contributed by atoms with Crippen molar-refractivity contribution in [2.45, 2.75) is 25.1 Å². The summed E-state index contributed by atoms with van der Waals surface area (Å²) in [6.45, 7) is 2.09. The summed E-state index contributed by atoms with van der Waals surface area (Å²) in [5.74, 6) is 0.222. The van der Waals surface area contributed by atoms with Gasteiger partial charge in [-0.1, -0.05) is 42.5 Å². The molecule has 0 aromatic heterocycles. The van der Waals surface area contributed by atoms with Gasteiger partial charge in [-0.2, -0.15) is 5.26 Å². The molecule has 23 heavy (non-hydrogen) atoms. The number of hydrazine groups is 1. The molecule has 2 aromatic rings. The van der Waals surface area contributed by atoms with E-state index in [2.05, 4.69) is 48.1 Å². The molecule has 4 N–H and O–H groups in total. The Hall–Kier alpha value is -2.55. The van der Waals surface area contributed by atoms with Crippen LogP contribution in [0.2, 0.25) is 0 Å². The highest BCUT2D eigenvalue weighted by molar-refractivity contribution is 5.86. The highest BCUT2D eigenvalue weighted by Gasteiger charge is 2.47. The fourth-order valence-electron chi connectivity index (χ4n) is 3.79. The Morgan fingerprint density at radius 2 is 1.91 bits per heavy atom. The van der Waals surface area contributed by atoms with Crippen LogP contribution < -0.4 is 16.6 Å². The molecule has 0 radical (unpaired) electrons. The first-order valence-corrected chi connectivity index (χ1v) is 7.76. The second-order valence-corrected chi connectivity index (χ2v) is 6.13. The van der Waals surface area contributed by atoms with Crippen molar-refractivity contribution in [3.63, 3.8) is 0 Å². The molecule has 0 saturated carbocycles. The van der Waals surface area contributed by atoms with Crippen LogP contribution in [-0.2, 0) is 4.74 Å². The molecular weight excluding hydrogens is 288 g/mol. The average molecular weight is 306 g/mol. The molecule has 1 saturated heterocycles. The van der Waals surface area contributed by atoms with E-state index in [-0.39, 0.29) is 30.0 Å². The summed E-state index contributed by atoms with van der Waals surface area (Å²) in [6, 6.07) is 16.9. The summed E-state index contributed by atoms with van der Waals surface area (Å²) in [6.07, 6.45) is -0.230. The van der Waals surface area contributed by atoms with Gasteiger partial charge in [-0.25, -0.2) is 5.43 Å². The summed E-state index contributed by atoms with van der Waals surface area (Å²) in [5.41, 5.74) is 14.0. The maximum Gasteiger partial charge on any atom is 0.200 e. The molecule has 0 aliphatic carbocycles. The lowest BCUT2D eigenvalue weighted by atomic mass is 9.75. The lowest BCUT2D eigenvalue weighted by molar-refractivity contribution is 0.0353. The molecule has 1 fully saturated rings. The highest BCUT2D eigenvalue weighted by Crippen LogP contribution is 2.44. The van der Waals surface area contributed by atoms with E-state index in [1.54, 1.807) is 0 Å². The van der Waals surface area contributed by atoms with E-state index >= 15 is 0 Å². The van der Waals surface area contributed by atoms with Crippen LogP contribution in [0.1, 0.15) is 18.4 Å². The van der Waals surface area contributed by atoms with Gasteiger partial charge in [0.25, 0.3) is 0 Å². The van der Waals surface area contributed by atoms with Crippen molar-refractivity contribution in [3.8, 4) is 6.07 Å². The van der Waals surface area contributed by atoms with E-state index in [0.717, 1.165) is 16.3 Å². The van der Waals surface area contributed by atoms with Crippen molar-refractivity contribution in [2.24, 2.45) is 11.7 Å². The number of rotatable bonds is 1. The zero-order valence-corrected chi connectivity index (χ0v) is 12.8. The van der Waals surface area contributed by atoms with Crippen LogP contribution in [0.4, 0.5) is 0 Å². The first-order valence-electron chi connectivity index (χ1n) is 7.76. The van der Waals surface area contributed by atoms with Gasteiger partial charge in [-0.05, 0) is 23.3 Å². The van der Waals surface area contributed by atoms with E-state index in [4.69, 9.17) is 10.5 Å². The molecule has 2 aromatic carbocycles. The average Bonchev–Trinajstić information content (AvgIpc) is 2.94. The number of hydrogen-bond acceptors (Lipinski definition) is 5. The van der Waals surface area contributed by atoms with Crippen LogP contribution in [0.15, 0.2) is 53.9 Å². The largest absolute Gasteiger partial charge is 0.458 e. The molecule has 4 atom stereocenters. The standard InChI is InChI=1S/C18H18N4O/c1-10-15-16(14(9-19)17(20)23-18(15)22-21-10)13-8-4-6-11-5-2-3-7-12(11)13/h2-8,10,15-16,18,21-22H,20H2,1H3. The predicted octanol–water partition coefficient (Wildman–Crippen LogP) is 2.09. The number of nitrogens with two attached hydrogens (primary N) is 1. The van der Waals surface area contributed by atoms with E-state index in [1.807, 2.05) is 18.2 Å². The van der Waals surface area contributed by atoms with Crippen molar-refractivity contribution in [3.05, 3.63) is 59.5 Å². The maximum atomic E-state index is 9.66. The second-order valence-electron chi connectivity index (χ2n) is 6.13. The number of nitrogens with one attached hydrogen (secondary N) is 2. The van der Waals surface area contributed by atoms with Crippen LogP contribution in [0.25, 0.3) is 10.8 Å². The number of benzene rings is 2. The second kappa shape index (κ2) is 5.27. The van der Waals surface area contributed by atoms with Gasteiger partial charge in [-0.3, -0.25) is 5.43 Å². The van der Waals surface area contributed by atoms with Gasteiger partial charge in [-0.15, -0.1) is 0 Å². The number of nitriles is 1. The molecule has 5 heteroatoms. The number of allylic oxidation sites excluding steroid dienone is 1. The summed E-state index contributed by atoms with van der Waals surface area (Å²) >= 11 is 0. The Bertz CT molecular complexity index is 833. The first kappa shape index (κ1) is 14.1. The fourth-order valence-corrected chi connectivity index (χ4v) is 3.79. The maximum absolute atomic E-state index is 9.66. The highest BCUT2D eigenvalue weighted by atomic mass is 16.5. The number of fused-ring (bicyclic) bond motifs is 2. The van der Waals surface area contributed by atoms with Gasteiger partial charge in [0.2, 0.25) is 5.88 Å². The van der Waals surface area contributed by atoms with Gasteiger partial charge in [0.05, 0.1) is 5.57 Å². The molecule has 4 rings (SSSR count). The fraction of sp³-hybridized carbons (Fsp3) is 0.278. The number of ether oxygens (including phenoxy) is 1. The van der Waals surface area contributed by atoms with Crippen LogP contribution in [0.5, 0.6) is 0 Å². The quantitative estimate of drug-likeness (QED) is 0.751. The molecule has 0 spiro atoms. The Balaban J connectivity index is 1.96. The molecule has 116 valence electrons. The molecule has 0 bridgehead atoms. The van der Waals surface area contributed by atoms with Gasteiger partial charge >= 0.3 is 0 Å². The molecule has 2 aliphatic rings. The van der Waals surface area contributed by atoms with Crippen molar-refractivity contribution < 1.29 is 4.74 Å². The Labute approximate surface area is 134 Å². The SMILES string of the molecule is CC1NNC2OC(N)=C(C#N)C(c3cccc4ccccc34)C12. The molecule has 5 nitrogen and oxygen atoms in total. The van der Waals surface area contributed by atoms with E-state index in [1.165, 1.54) is 0 Å². The molecule has 4 unspecified atom stereocenters. The zero-order chi connectivity index (χ0) is 16.0. The van der Waals surface area contributed by atoms with Crippen molar-refractivity contribution in [1.29, 1.82) is 5.26 Å². The molecule has 0 amide bonds. The van der Waals surface area contributed by atoms with Crippen LogP contribution in [0, 0.1) is 17.2 Å². The third-order valence-corrected chi connectivity index (χ3v) is 4.87. The van der Waals surface area contributed by atoms with E-state index in [9.17, 15) is 5.26 Å². The third kappa shape index (κ3) is 2.07.